The van der Waals surface area contributed by atoms with E-state index < -0.39 is 40.1 Å². The van der Waals surface area contributed by atoms with Crippen molar-refractivity contribution < 1.29 is 32.3 Å². The third kappa shape index (κ3) is 8.66. The van der Waals surface area contributed by atoms with Gasteiger partial charge < -0.3 is 20.1 Å². The van der Waals surface area contributed by atoms with Crippen molar-refractivity contribution in [2.45, 2.75) is 56.3 Å². The molecule has 1 aliphatic rings. The third-order valence-corrected chi connectivity index (χ3v) is 7.19. The smallest absolute Gasteiger partial charge is 0.338 e. The van der Waals surface area contributed by atoms with Gasteiger partial charge in [0.1, 0.15) is 6.04 Å². The summed E-state index contributed by atoms with van der Waals surface area (Å²) < 4.78 is 37.3. The molecular formula is C26H33N3O7S. The molecule has 1 fully saturated rings. The average molecular weight is 532 g/mol. The molecule has 2 amide bonds. The van der Waals surface area contributed by atoms with E-state index in [0.717, 1.165) is 11.1 Å². The zero-order valence-corrected chi connectivity index (χ0v) is 21.8. The van der Waals surface area contributed by atoms with Gasteiger partial charge in [0, 0.05) is 19.5 Å². The number of carbonyl (C=O) groups excluding carboxylic acids is 3. The molecule has 0 unspecified atom stereocenters. The van der Waals surface area contributed by atoms with Gasteiger partial charge in [-0.15, -0.1) is 0 Å². The number of hydrogen-bond acceptors (Lipinski definition) is 7. The van der Waals surface area contributed by atoms with Crippen molar-refractivity contribution in [2.75, 3.05) is 19.7 Å². The molecule has 1 saturated heterocycles. The molecule has 0 saturated carbocycles. The lowest BCUT2D eigenvalue weighted by molar-refractivity contribution is -0.144. The molecule has 0 aromatic heterocycles. The number of esters is 1. The Balaban J connectivity index is 1.46. The van der Waals surface area contributed by atoms with Crippen molar-refractivity contribution in [3.05, 3.63) is 65.7 Å². The monoisotopic (exact) mass is 531 g/mol. The van der Waals surface area contributed by atoms with Gasteiger partial charge >= 0.3 is 5.97 Å². The standard InChI is InChI=1S/C26H33N3O7S/c1-3-35-26(32)23-22(36-23)25(31)29-21(17-19-9-5-4-6-10-19)24(30)27-15-7-8-16-28-37(33,34)20-13-11-18(2)12-14-20/h4-6,9-14,21-23,28H,3,7-8,15-17H2,1-2H3,(H,27,30)(H,29,31)/t21-,22-,23-/m0/s1. The lowest BCUT2D eigenvalue weighted by atomic mass is 10.0. The zero-order valence-electron chi connectivity index (χ0n) is 20.9. The van der Waals surface area contributed by atoms with E-state index in [2.05, 4.69) is 15.4 Å². The number of aryl methyl sites for hydroxylation is 1. The first-order chi connectivity index (χ1) is 17.7. The highest BCUT2D eigenvalue weighted by Crippen LogP contribution is 2.24. The van der Waals surface area contributed by atoms with Crippen LogP contribution in [0.5, 0.6) is 0 Å². The molecule has 2 aromatic rings. The number of sulfonamides is 1. The van der Waals surface area contributed by atoms with Gasteiger partial charge in [-0.25, -0.2) is 17.9 Å². The molecule has 37 heavy (non-hydrogen) atoms. The van der Waals surface area contributed by atoms with Crippen molar-refractivity contribution in [1.29, 1.82) is 0 Å². The second kappa shape index (κ2) is 13.3. The van der Waals surface area contributed by atoms with Crippen LogP contribution < -0.4 is 15.4 Å². The van der Waals surface area contributed by atoms with Crippen LogP contribution in [-0.4, -0.2) is 64.1 Å². The summed E-state index contributed by atoms with van der Waals surface area (Å²) in [4.78, 5) is 37.4. The van der Waals surface area contributed by atoms with Crippen LogP contribution >= 0.6 is 0 Å². The molecule has 0 radical (unpaired) electrons. The molecule has 11 heteroatoms. The Labute approximate surface area is 217 Å². The summed E-state index contributed by atoms with van der Waals surface area (Å²) >= 11 is 0. The molecule has 10 nitrogen and oxygen atoms in total. The van der Waals surface area contributed by atoms with Crippen LogP contribution in [0.3, 0.4) is 0 Å². The first-order valence-corrected chi connectivity index (χ1v) is 13.7. The van der Waals surface area contributed by atoms with Gasteiger partial charge in [0.25, 0.3) is 5.91 Å². The normalized spacial score (nSPS) is 17.5. The maximum Gasteiger partial charge on any atom is 0.338 e. The summed E-state index contributed by atoms with van der Waals surface area (Å²) in [5.74, 6) is -1.55. The van der Waals surface area contributed by atoms with Crippen molar-refractivity contribution >= 4 is 27.8 Å². The van der Waals surface area contributed by atoms with Gasteiger partial charge in [-0.1, -0.05) is 48.0 Å². The van der Waals surface area contributed by atoms with Gasteiger partial charge in [0.2, 0.25) is 15.9 Å². The van der Waals surface area contributed by atoms with Crippen molar-refractivity contribution in [2.24, 2.45) is 0 Å². The quantitative estimate of drug-likeness (QED) is 0.189. The molecule has 200 valence electrons. The Hall–Kier alpha value is -3.28. The number of rotatable bonds is 14. The van der Waals surface area contributed by atoms with E-state index in [0.29, 0.717) is 19.4 Å². The summed E-state index contributed by atoms with van der Waals surface area (Å²) in [5.41, 5.74) is 1.83. The minimum Gasteiger partial charge on any atom is -0.464 e. The van der Waals surface area contributed by atoms with Crippen LogP contribution in [0.4, 0.5) is 0 Å². The number of carbonyl (C=O) groups is 3. The van der Waals surface area contributed by atoms with Crippen molar-refractivity contribution in [1.82, 2.24) is 15.4 Å². The number of nitrogens with one attached hydrogen (secondary N) is 3. The van der Waals surface area contributed by atoms with E-state index in [-0.39, 0.29) is 30.4 Å². The SMILES string of the molecule is CCOC(=O)[C@H]1O[C@@H]1C(=O)N[C@@H](Cc1ccccc1)C(=O)NCCCCNS(=O)(=O)c1ccc(C)cc1. The number of ether oxygens (including phenoxy) is 2. The van der Waals surface area contributed by atoms with Crippen LogP contribution in [0.2, 0.25) is 0 Å². The number of benzene rings is 2. The maximum atomic E-state index is 12.9. The largest absolute Gasteiger partial charge is 0.464 e. The zero-order chi connectivity index (χ0) is 26.8. The van der Waals surface area contributed by atoms with Crippen LogP contribution in [0.1, 0.15) is 30.9 Å². The predicted octanol–water partition coefficient (Wildman–Crippen LogP) is 1.23. The van der Waals surface area contributed by atoms with Gasteiger partial charge in [0.05, 0.1) is 11.5 Å². The first-order valence-electron chi connectivity index (χ1n) is 12.2. The fourth-order valence-corrected chi connectivity index (χ4v) is 4.69. The van der Waals surface area contributed by atoms with Gasteiger partial charge in [-0.05, 0) is 44.4 Å². The van der Waals surface area contributed by atoms with Gasteiger partial charge in [-0.2, -0.15) is 0 Å². The van der Waals surface area contributed by atoms with E-state index in [1.165, 1.54) is 0 Å². The number of epoxide rings is 1. The highest BCUT2D eigenvalue weighted by atomic mass is 32.2. The maximum absolute atomic E-state index is 12.9. The summed E-state index contributed by atoms with van der Waals surface area (Å²) in [7, 11) is -3.59. The molecule has 0 aliphatic carbocycles. The number of amides is 2. The molecule has 1 aliphatic heterocycles. The molecule has 3 atom stereocenters. The predicted molar refractivity (Wildman–Crippen MR) is 136 cm³/mol. The van der Waals surface area contributed by atoms with E-state index in [1.54, 1.807) is 31.2 Å². The van der Waals surface area contributed by atoms with Crippen LogP contribution in [0.25, 0.3) is 0 Å². The van der Waals surface area contributed by atoms with Crippen molar-refractivity contribution in [3.63, 3.8) is 0 Å². The summed E-state index contributed by atoms with van der Waals surface area (Å²) in [6, 6.07) is 14.9. The van der Waals surface area contributed by atoms with E-state index in [1.807, 2.05) is 37.3 Å². The minimum absolute atomic E-state index is 0.180. The molecule has 3 N–H and O–H groups in total. The molecular weight excluding hydrogens is 498 g/mol. The second-order valence-electron chi connectivity index (χ2n) is 8.69. The Morgan fingerprint density at radius 2 is 1.65 bits per heavy atom. The summed E-state index contributed by atoms with van der Waals surface area (Å²) in [6.07, 6.45) is -0.634. The van der Waals surface area contributed by atoms with Crippen LogP contribution in [0.15, 0.2) is 59.5 Å². The van der Waals surface area contributed by atoms with Gasteiger partial charge in [-0.3, -0.25) is 9.59 Å². The lowest BCUT2D eigenvalue weighted by Crippen LogP contribution is -2.49. The summed E-state index contributed by atoms with van der Waals surface area (Å²) in [5, 5.41) is 5.47. The average Bonchev–Trinajstić information content (AvgIpc) is 3.68. The summed E-state index contributed by atoms with van der Waals surface area (Å²) in [6.45, 7) is 4.25. The fraction of sp³-hybridized carbons (Fsp3) is 0.423. The highest BCUT2D eigenvalue weighted by Gasteiger charge is 2.52. The van der Waals surface area contributed by atoms with E-state index >= 15 is 0 Å². The Bertz CT molecular complexity index is 1170. The number of unbranched alkanes of at least 4 members (excludes halogenated alkanes) is 1. The molecule has 1 heterocycles. The first kappa shape index (κ1) is 28.3. The van der Waals surface area contributed by atoms with Gasteiger partial charge in [0.15, 0.2) is 12.2 Å². The van der Waals surface area contributed by atoms with Crippen molar-refractivity contribution in [3.8, 4) is 0 Å². The third-order valence-electron chi connectivity index (χ3n) is 5.71. The Morgan fingerprint density at radius 1 is 0.973 bits per heavy atom. The molecule has 3 rings (SSSR count). The van der Waals surface area contributed by atoms with E-state index in [4.69, 9.17) is 9.47 Å². The minimum atomic E-state index is -3.59. The lowest BCUT2D eigenvalue weighted by Gasteiger charge is -2.18. The Morgan fingerprint density at radius 3 is 2.32 bits per heavy atom. The van der Waals surface area contributed by atoms with E-state index in [9.17, 15) is 22.8 Å². The number of hydrogen-bond donors (Lipinski definition) is 3. The topological polar surface area (TPSA) is 143 Å². The van der Waals surface area contributed by atoms with Crippen LogP contribution in [-0.2, 0) is 40.3 Å². The molecule has 2 aromatic carbocycles. The molecule has 0 spiro atoms. The Kier molecular flexibility index (Phi) is 10.2. The molecule has 0 bridgehead atoms. The highest BCUT2D eigenvalue weighted by molar-refractivity contribution is 7.89. The fourth-order valence-electron chi connectivity index (χ4n) is 3.62. The van der Waals surface area contributed by atoms with Crippen LogP contribution in [0, 0.1) is 6.92 Å². The second-order valence-corrected chi connectivity index (χ2v) is 10.5.